The van der Waals surface area contributed by atoms with Crippen molar-refractivity contribution in [1.82, 2.24) is 9.97 Å². The minimum Gasteiger partial charge on any atom is -0.493 e. The molecule has 0 radical (unpaired) electrons. The molecule has 0 unspecified atom stereocenters. The molecule has 1 fully saturated rings. The van der Waals surface area contributed by atoms with E-state index in [1.54, 1.807) is 24.5 Å². The van der Waals surface area contributed by atoms with Gasteiger partial charge in [0.25, 0.3) is 0 Å². The third kappa shape index (κ3) is 7.51. The van der Waals surface area contributed by atoms with E-state index in [0.717, 1.165) is 40.6 Å². The first-order valence-corrected chi connectivity index (χ1v) is 10.1. The summed E-state index contributed by atoms with van der Waals surface area (Å²) >= 11 is 0. The van der Waals surface area contributed by atoms with Gasteiger partial charge in [-0.05, 0) is 50.3 Å². The predicted octanol–water partition coefficient (Wildman–Crippen LogP) is 5.65. The summed E-state index contributed by atoms with van der Waals surface area (Å²) in [4.78, 5) is 19.2. The van der Waals surface area contributed by atoms with E-state index >= 15 is 0 Å². The van der Waals surface area contributed by atoms with Crippen molar-refractivity contribution in [1.29, 1.82) is 5.26 Å². The molecule has 1 saturated carbocycles. The molecule has 6 nitrogen and oxygen atoms in total. The number of pyridine rings is 2. The Morgan fingerprint density at radius 2 is 2.00 bits per heavy atom. The van der Waals surface area contributed by atoms with Gasteiger partial charge < -0.3 is 10.1 Å². The van der Waals surface area contributed by atoms with Crippen LogP contribution in [-0.2, 0) is 9.53 Å². The summed E-state index contributed by atoms with van der Waals surface area (Å²) in [6, 6.07) is 5.89. The Kier molecular flexibility index (Phi) is 11.2. The molecular formula is C24H30N4O2. The van der Waals surface area contributed by atoms with E-state index in [4.69, 9.17) is 10.00 Å². The van der Waals surface area contributed by atoms with Gasteiger partial charge in [-0.25, -0.2) is 4.98 Å². The van der Waals surface area contributed by atoms with Crippen LogP contribution in [0.4, 0.5) is 5.82 Å². The zero-order chi connectivity index (χ0) is 22.4. The van der Waals surface area contributed by atoms with E-state index in [1.807, 2.05) is 45.9 Å². The first-order valence-electron chi connectivity index (χ1n) is 10.1. The van der Waals surface area contributed by atoms with Crippen LogP contribution in [0, 0.1) is 17.2 Å². The molecular weight excluding hydrogens is 376 g/mol. The van der Waals surface area contributed by atoms with Crippen LogP contribution in [-0.4, -0.2) is 23.0 Å². The van der Waals surface area contributed by atoms with Gasteiger partial charge in [-0.3, -0.25) is 9.78 Å². The maximum absolute atomic E-state index is 10.6. The molecule has 1 N–H and O–H groups in total. The molecule has 2 aromatic heterocycles. The highest BCUT2D eigenvalue weighted by Gasteiger charge is 2.19. The summed E-state index contributed by atoms with van der Waals surface area (Å²) in [7, 11) is 0. The number of fused-ring (bicyclic) bond motifs is 1. The maximum atomic E-state index is 10.6. The van der Waals surface area contributed by atoms with Gasteiger partial charge in [0.05, 0.1) is 18.4 Å². The van der Waals surface area contributed by atoms with Gasteiger partial charge in [-0.1, -0.05) is 32.6 Å². The van der Waals surface area contributed by atoms with Crippen molar-refractivity contribution in [2.75, 3.05) is 11.9 Å². The van der Waals surface area contributed by atoms with Gasteiger partial charge in [0.1, 0.15) is 11.6 Å². The second-order valence-electron chi connectivity index (χ2n) is 6.05. The molecule has 1 aliphatic rings. The number of amides is 1. The van der Waals surface area contributed by atoms with Crippen molar-refractivity contribution in [3.8, 4) is 6.07 Å². The Morgan fingerprint density at radius 3 is 2.50 bits per heavy atom. The summed E-state index contributed by atoms with van der Waals surface area (Å²) in [6.45, 7) is 12.1. The van der Waals surface area contributed by atoms with Gasteiger partial charge in [0.2, 0.25) is 6.41 Å². The number of allylic oxidation sites excluding steroid dienone is 4. The zero-order valence-corrected chi connectivity index (χ0v) is 18.2. The fraction of sp³-hybridized carbons (Fsp3) is 0.333. The second-order valence-corrected chi connectivity index (χ2v) is 6.05. The second kappa shape index (κ2) is 13.7. The van der Waals surface area contributed by atoms with Gasteiger partial charge in [0, 0.05) is 29.3 Å². The number of nitrogens with one attached hydrogen (secondary N) is 1. The van der Waals surface area contributed by atoms with Gasteiger partial charge >= 0.3 is 0 Å². The van der Waals surface area contributed by atoms with E-state index in [9.17, 15) is 4.79 Å². The third-order valence-corrected chi connectivity index (χ3v) is 3.97. The monoisotopic (exact) mass is 406 g/mol. The molecule has 0 spiro atoms. The average molecular weight is 407 g/mol. The van der Waals surface area contributed by atoms with Crippen LogP contribution in [0.1, 0.15) is 46.2 Å². The highest BCUT2D eigenvalue weighted by Crippen LogP contribution is 2.27. The topological polar surface area (TPSA) is 87.9 Å². The molecule has 0 bridgehead atoms. The summed E-state index contributed by atoms with van der Waals surface area (Å²) in [5, 5.41) is 12.3. The number of rotatable bonds is 7. The highest BCUT2D eigenvalue weighted by molar-refractivity contribution is 5.88. The van der Waals surface area contributed by atoms with Gasteiger partial charge in [0.15, 0.2) is 0 Å². The highest BCUT2D eigenvalue weighted by atomic mass is 16.5. The SMILES string of the molecule is C=C/C=C(OCC)\C(=C/C)c1cc2cc(NC=O)ncc2cn1.CC.N#CC1CC1. The number of aromatic nitrogens is 2. The van der Waals surface area contributed by atoms with Crippen LogP contribution in [0.25, 0.3) is 16.3 Å². The summed E-state index contributed by atoms with van der Waals surface area (Å²) < 4.78 is 5.67. The molecule has 3 rings (SSSR count). The predicted molar refractivity (Wildman–Crippen MR) is 122 cm³/mol. The summed E-state index contributed by atoms with van der Waals surface area (Å²) in [5.74, 6) is 1.66. The van der Waals surface area contributed by atoms with Crippen LogP contribution >= 0.6 is 0 Å². The normalized spacial score (nSPS) is 13.0. The van der Waals surface area contributed by atoms with Crippen molar-refractivity contribution in [2.24, 2.45) is 5.92 Å². The lowest BCUT2D eigenvalue weighted by molar-refractivity contribution is -0.105. The molecule has 2 aromatic rings. The van der Waals surface area contributed by atoms with Crippen molar-refractivity contribution in [3.63, 3.8) is 0 Å². The Hall–Kier alpha value is -3.46. The fourth-order valence-corrected chi connectivity index (χ4v) is 2.43. The molecule has 0 atom stereocenters. The van der Waals surface area contributed by atoms with Crippen molar-refractivity contribution in [2.45, 2.75) is 40.5 Å². The van der Waals surface area contributed by atoms with Crippen LogP contribution in [0.5, 0.6) is 0 Å². The van der Waals surface area contributed by atoms with Crippen LogP contribution in [0.2, 0.25) is 0 Å². The average Bonchev–Trinajstić information content (AvgIpc) is 3.61. The van der Waals surface area contributed by atoms with E-state index in [0.29, 0.717) is 24.8 Å². The molecule has 6 heteroatoms. The standard InChI is InChI=1S/C18H19N3O2.C4H5N.C2H6/c1-4-7-17(23-6-3)15(5-2)16-8-13-9-18(21-12-22)20-11-14(13)10-19-16;5-3-4-1-2-4;1-2/h4-5,7-12H,1,6H2,2-3H3,(H,20,21,22);4H,1-2H2;1-2H3/b15-5-,17-7+;;. The Morgan fingerprint density at radius 1 is 1.30 bits per heavy atom. The lowest BCUT2D eigenvalue weighted by Crippen LogP contribution is -1.99. The number of carbonyl (C=O) groups excluding carboxylic acids is 1. The number of hydrogen-bond donors (Lipinski definition) is 1. The molecule has 2 heterocycles. The van der Waals surface area contributed by atoms with Crippen molar-refractivity contribution >= 4 is 28.6 Å². The summed E-state index contributed by atoms with van der Waals surface area (Å²) in [5.41, 5.74) is 1.67. The van der Waals surface area contributed by atoms with Gasteiger partial charge in [-0.15, -0.1) is 0 Å². The number of ether oxygens (including phenoxy) is 1. The van der Waals surface area contributed by atoms with E-state index < -0.39 is 0 Å². The van der Waals surface area contributed by atoms with E-state index in [2.05, 4.69) is 27.9 Å². The number of carbonyl (C=O) groups is 1. The Balaban J connectivity index is 0.000000550. The number of nitriles is 1. The Bertz CT molecular complexity index is 938. The summed E-state index contributed by atoms with van der Waals surface area (Å²) in [6.07, 6.45) is 11.8. The largest absolute Gasteiger partial charge is 0.493 e. The molecule has 30 heavy (non-hydrogen) atoms. The lowest BCUT2D eigenvalue weighted by Gasteiger charge is -2.12. The molecule has 0 aromatic carbocycles. The fourth-order valence-electron chi connectivity index (χ4n) is 2.43. The molecule has 1 aliphatic carbocycles. The lowest BCUT2D eigenvalue weighted by atomic mass is 10.1. The van der Waals surface area contributed by atoms with E-state index in [1.165, 1.54) is 0 Å². The minimum atomic E-state index is 0.440. The number of hydrogen-bond acceptors (Lipinski definition) is 5. The smallest absolute Gasteiger partial charge is 0.212 e. The number of anilines is 1. The van der Waals surface area contributed by atoms with Crippen LogP contribution < -0.4 is 5.32 Å². The molecule has 158 valence electrons. The third-order valence-electron chi connectivity index (χ3n) is 3.97. The molecule has 0 aliphatic heterocycles. The number of nitrogens with zero attached hydrogens (tertiary/aromatic N) is 3. The molecule has 0 saturated heterocycles. The zero-order valence-electron chi connectivity index (χ0n) is 18.2. The van der Waals surface area contributed by atoms with Gasteiger partial charge in [-0.2, -0.15) is 5.26 Å². The maximum Gasteiger partial charge on any atom is 0.212 e. The molecule has 1 amide bonds. The van der Waals surface area contributed by atoms with Crippen molar-refractivity contribution < 1.29 is 9.53 Å². The quantitative estimate of drug-likeness (QED) is 0.364. The first-order chi connectivity index (χ1) is 14.7. The minimum absolute atomic E-state index is 0.440. The van der Waals surface area contributed by atoms with Crippen LogP contribution in [0.15, 0.2) is 55.1 Å². The van der Waals surface area contributed by atoms with Crippen LogP contribution in [0.3, 0.4) is 0 Å². The van der Waals surface area contributed by atoms with E-state index in [-0.39, 0.29) is 0 Å². The Labute approximate surface area is 179 Å². The first kappa shape index (κ1) is 24.6. The van der Waals surface area contributed by atoms with Crippen molar-refractivity contribution in [3.05, 3.63) is 60.8 Å².